The molecule has 0 heterocycles. The average molecular weight is 306 g/mol. The second kappa shape index (κ2) is 5.23. The third-order valence-corrected chi connectivity index (χ3v) is 3.31. The molecule has 0 atom stereocenters. The van der Waals surface area contributed by atoms with Crippen LogP contribution in [0.1, 0.15) is 10.4 Å². The van der Waals surface area contributed by atoms with Crippen molar-refractivity contribution in [1.29, 1.82) is 0 Å². The van der Waals surface area contributed by atoms with Crippen LogP contribution in [0.5, 0.6) is 5.75 Å². The molecule has 92 valence electrons. The number of halogens is 1. The summed E-state index contributed by atoms with van der Waals surface area (Å²) in [5.41, 5.74) is 1.26. The van der Waals surface area contributed by atoms with E-state index in [1.54, 1.807) is 24.1 Å². The first kappa shape index (κ1) is 12.6. The summed E-state index contributed by atoms with van der Waals surface area (Å²) in [6.07, 6.45) is 0. The van der Waals surface area contributed by atoms with Gasteiger partial charge in [0.1, 0.15) is 5.75 Å². The van der Waals surface area contributed by atoms with Crippen molar-refractivity contribution in [1.82, 2.24) is 0 Å². The fraction of sp³-hybridized carbons (Fsp3) is 0.0714. The first-order chi connectivity index (χ1) is 8.59. The summed E-state index contributed by atoms with van der Waals surface area (Å²) < 4.78 is 0.571. The lowest BCUT2D eigenvalue weighted by atomic mass is 10.2. The molecule has 0 radical (unpaired) electrons. The maximum atomic E-state index is 12.2. The standard InChI is InChI=1S/C14H12BrNO2/c1-16(11-5-3-2-4-6-11)14(18)10-7-8-12(15)13(17)9-10/h2-9,17H,1H3. The minimum absolute atomic E-state index is 0.0577. The Morgan fingerprint density at radius 3 is 2.44 bits per heavy atom. The number of amides is 1. The van der Waals surface area contributed by atoms with E-state index in [9.17, 15) is 9.90 Å². The van der Waals surface area contributed by atoms with E-state index in [1.807, 2.05) is 30.3 Å². The number of carbonyl (C=O) groups is 1. The number of anilines is 1. The highest BCUT2D eigenvalue weighted by Gasteiger charge is 2.14. The van der Waals surface area contributed by atoms with Gasteiger partial charge in [0, 0.05) is 18.3 Å². The van der Waals surface area contributed by atoms with E-state index >= 15 is 0 Å². The first-order valence-corrected chi connectivity index (χ1v) is 6.20. The van der Waals surface area contributed by atoms with Gasteiger partial charge in [-0.2, -0.15) is 0 Å². The fourth-order valence-electron chi connectivity index (χ4n) is 1.61. The van der Waals surface area contributed by atoms with Crippen LogP contribution in [0.2, 0.25) is 0 Å². The quantitative estimate of drug-likeness (QED) is 0.923. The number of hydrogen-bond acceptors (Lipinski definition) is 2. The van der Waals surface area contributed by atoms with Crippen LogP contribution in [0.15, 0.2) is 53.0 Å². The minimum Gasteiger partial charge on any atom is -0.507 e. The number of para-hydroxylation sites is 1. The highest BCUT2D eigenvalue weighted by molar-refractivity contribution is 9.10. The number of phenols is 1. The third-order valence-electron chi connectivity index (χ3n) is 2.64. The Bertz CT molecular complexity index is 569. The molecular weight excluding hydrogens is 294 g/mol. The molecule has 2 rings (SSSR count). The van der Waals surface area contributed by atoms with Gasteiger partial charge < -0.3 is 10.0 Å². The summed E-state index contributed by atoms with van der Waals surface area (Å²) in [5.74, 6) is -0.105. The van der Waals surface area contributed by atoms with Crippen LogP contribution < -0.4 is 4.90 Å². The lowest BCUT2D eigenvalue weighted by Gasteiger charge is -2.17. The molecule has 0 unspecified atom stereocenters. The molecular formula is C14H12BrNO2. The number of nitrogens with zero attached hydrogens (tertiary/aromatic N) is 1. The average Bonchev–Trinajstić information content (AvgIpc) is 2.41. The summed E-state index contributed by atoms with van der Waals surface area (Å²) in [6.45, 7) is 0. The molecule has 3 nitrogen and oxygen atoms in total. The number of benzene rings is 2. The molecule has 1 amide bonds. The number of aromatic hydroxyl groups is 1. The van der Waals surface area contributed by atoms with Gasteiger partial charge >= 0.3 is 0 Å². The normalized spacial score (nSPS) is 10.1. The number of carbonyl (C=O) groups excluding carboxylic acids is 1. The van der Waals surface area contributed by atoms with E-state index in [1.165, 1.54) is 6.07 Å². The summed E-state index contributed by atoms with van der Waals surface area (Å²) in [7, 11) is 1.71. The van der Waals surface area contributed by atoms with Crippen molar-refractivity contribution in [2.24, 2.45) is 0 Å². The molecule has 1 N–H and O–H groups in total. The van der Waals surface area contributed by atoms with Crippen LogP contribution in [0.4, 0.5) is 5.69 Å². The van der Waals surface area contributed by atoms with Crippen LogP contribution in [0, 0.1) is 0 Å². The molecule has 4 heteroatoms. The number of phenolic OH excluding ortho intramolecular Hbond substituents is 1. The van der Waals surface area contributed by atoms with Crippen LogP contribution in [-0.4, -0.2) is 18.1 Å². The Morgan fingerprint density at radius 2 is 1.83 bits per heavy atom. The SMILES string of the molecule is CN(C(=O)c1ccc(Br)c(O)c1)c1ccccc1. The van der Waals surface area contributed by atoms with Crippen molar-refractivity contribution in [3.63, 3.8) is 0 Å². The second-order valence-electron chi connectivity index (χ2n) is 3.87. The smallest absolute Gasteiger partial charge is 0.258 e. The molecule has 0 fully saturated rings. The number of rotatable bonds is 2. The lowest BCUT2D eigenvalue weighted by molar-refractivity contribution is 0.0992. The van der Waals surface area contributed by atoms with Gasteiger partial charge in [-0.15, -0.1) is 0 Å². The molecule has 0 aliphatic carbocycles. The van der Waals surface area contributed by atoms with E-state index in [0.29, 0.717) is 10.0 Å². The predicted octanol–water partition coefficient (Wildman–Crippen LogP) is 3.43. The maximum Gasteiger partial charge on any atom is 0.258 e. The van der Waals surface area contributed by atoms with Gasteiger partial charge in [0.25, 0.3) is 5.91 Å². The monoisotopic (exact) mass is 305 g/mol. The van der Waals surface area contributed by atoms with Gasteiger partial charge in [-0.05, 0) is 46.3 Å². The maximum absolute atomic E-state index is 12.2. The zero-order valence-corrected chi connectivity index (χ0v) is 11.4. The van der Waals surface area contributed by atoms with Crippen molar-refractivity contribution >= 4 is 27.5 Å². The topological polar surface area (TPSA) is 40.5 Å². The number of hydrogen-bond donors (Lipinski definition) is 1. The Hall–Kier alpha value is -1.81. The zero-order chi connectivity index (χ0) is 13.1. The Morgan fingerprint density at radius 1 is 1.17 bits per heavy atom. The largest absolute Gasteiger partial charge is 0.507 e. The minimum atomic E-state index is -0.163. The van der Waals surface area contributed by atoms with Crippen LogP contribution in [0.25, 0.3) is 0 Å². The van der Waals surface area contributed by atoms with Crippen molar-refractivity contribution in [2.45, 2.75) is 0 Å². The van der Waals surface area contributed by atoms with Gasteiger partial charge in [0.2, 0.25) is 0 Å². The zero-order valence-electron chi connectivity index (χ0n) is 9.80. The van der Waals surface area contributed by atoms with E-state index in [-0.39, 0.29) is 11.7 Å². The van der Waals surface area contributed by atoms with Gasteiger partial charge in [0.05, 0.1) is 4.47 Å². The predicted molar refractivity (Wildman–Crippen MR) is 75.0 cm³/mol. The fourth-order valence-corrected chi connectivity index (χ4v) is 1.85. The molecule has 0 aliphatic rings. The summed E-state index contributed by atoms with van der Waals surface area (Å²) in [6, 6.07) is 14.1. The van der Waals surface area contributed by atoms with Gasteiger partial charge in [-0.3, -0.25) is 4.79 Å². The van der Waals surface area contributed by atoms with E-state index < -0.39 is 0 Å². The molecule has 0 aliphatic heterocycles. The molecule has 2 aromatic rings. The summed E-state index contributed by atoms with van der Waals surface area (Å²) in [4.78, 5) is 13.8. The van der Waals surface area contributed by atoms with Crippen LogP contribution in [-0.2, 0) is 0 Å². The van der Waals surface area contributed by atoms with Crippen molar-refractivity contribution in [2.75, 3.05) is 11.9 Å². The Labute approximate surface area is 114 Å². The molecule has 2 aromatic carbocycles. The Kier molecular flexibility index (Phi) is 3.67. The molecule has 0 saturated carbocycles. The van der Waals surface area contributed by atoms with Crippen LogP contribution >= 0.6 is 15.9 Å². The molecule has 0 spiro atoms. The summed E-state index contributed by atoms with van der Waals surface area (Å²) >= 11 is 3.19. The first-order valence-electron chi connectivity index (χ1n) is 5.41. The van der Waals surface area contributed by atoms with Gasteiger partial charge in [-0.25, -0.2) is 0 Å². The van der Waals surface area contributed by atoms with E-state index in [0.717, 1.165) is 5.69 Å². The van der Waals surface area contributed by atoms with Crippen molar-refractivity contribution < 1.29 is 9.90 Å². The highest BCUT2D eigenvalue weighted by Crippen LogP contribution is 2.25. The van der Waals surface area contributed by atoms with E-state index in [4.69, 9.17) is 0 Å². The lowest BCUT2D eigenvalue weighted by Crippen LogP contribution is -2.26. The Balaban J connectivity index is 2.29. The highest BCUT2D eigenvalue weighted by atomic mass is 79.9. The second-order valence-corrected chi connectivity index (χ2v) is 4.72. The van der Waals surface area contributed by atoms with E-state index in [2.05, 4.69) is 15.9 Å². The van der Waals surface area contributed by atoms with Crippen molar-refractivity contribution in [3.8, 4) is 5.75 Å². The molecule has 0 aromatic heterocycles. The van der Waals surface area contributed by atoms with Crippen LogP contribution in [0.3, 0.4) is 0 Å². The summed E-state index contributed by atoms with van der Waals surface area (Å²) in [5, 5.41) is 9.58. The van der Waals surface area contributed by atoms with Gasteiger partial charge in [0.15, 0.2) is 0 Å². The van der Waals surface area contributed by atoms with Crippen molar-refractivity contribution in [3.05, 3.63) is 58.6 Å². The molecule has 18 heavy (non-hydrogen) atoms. The molecule has 0 bridgehead atoms. The molecule has 0 saturated heterocycles. The third kappa shape index (κ3) is 2.54. The van der Waals surface area contributed by atoms with Gasteiger partial charge in [-0.1, -0.05) is 18.2 Å².